The molecule has 3 nitrogen and oxygen atoms in total. The average molecular weight is 374 g/mol. The summed E-state index contributed by atoms with van der Waals surface area (Å²) in [5.41, 5.74) is 3.75. The summed E-state index contributed by atoms with van der Waals surface area (Å²) in [5, 5.41) is 15.8. The summed E-state index contributed by atoms with van der Waals surface area (Å²) in [7, 11) is 0. The van der Waals surface area contributed by atoms with E-state index >= 15 is 0 Å². The third kappa shape index (κ3) is 3.40. The van der Waals surface area contributed by atoms with E-state index in [9.17, 15) is 5.26 Å². The Morgan fingerprint density at radius 1 is 1.23 bits per heavy atom. The Balaban J connectivity index is 1.93. The Hall–Kier alpha value is -1.64. The van der Waals surface area contributed by atoms with E-state index in [0.29, 0.717) is 5.57 Å². The third-order valence-corrected chi connectivity index (χ3v) is 5.10. The van der Waals surface area contributed by atoms with E-state index in [1.807, 2.05) is 29.6 Å². The molecule has 1 aromatic carbocycles. The molecule has 5 heteroatoms. The van der Waals surface area contributed by atoms with E-state index in [4.69, 9.17) is 0 Å². The van der Waals surface area contributed by atoms with E-state index in [1.165, 1.54) is 24.2 Å². The molecule has 0 aliphatic carbocycles. The topological polar surface area (TPSA) is 48.7 Å². The summed E-state index contributed by atoms with van der Waals surface area (Å²) >= 11 is 4.98. The lowest BCUT2D eigenvalue weighted by atomic mass is 10.1. The molecular formula is C17H16BrN3S. The minimum absolute atomic E-state index is 0.704. The molecule has 0 amide bonds. The molecule has 1 fully saturated rings. The number of rotatable bonds is 2. The van der Waals surface area contributed by atoms with Crippen molar-refractivity contribution in [2.75, 3.05) is 6.54 Å². The van der Waals surface area contributed by atoms with Gasteiger partial charge in [0.05, 0.1) is 5.69 Å². The maximum atomic E-state index is 9.55. The van der Waals surface area contributed by atoms with Crippen LogP contribution in [0.2, 0.25) is 0 Å². The zero-order valence-corrected chi connectivity index (χ0v) is 14.5. The number of nitrogens with zero attached hydrogens (tertiary/aromatic N) is 2. The predicted molar refractivity (Wildman–Crippen MR) is 94.3 cm³/mol. The summed E-state index contributed by atoms with van der Waals surface area (Å²) in [5.74, 6) is 0. The number of nitrogens with one attached hydrogen (secondary N) is 1. The van der Waals surface area contributed by atoms with Crippen LogP contribution < -0.4 is 5.32 Å². The molecule has 2 heterocycles. The Bertz CT molecular complexity index is 715. The van der Waals surface area contributed by atoms with Crippen molar-refractivity contribution in [3.63, 3.8) is 0 Å². The molecule has 1 aliphatic rings. The van der Waals surface area contributed by atoms with Crippen molar-refractivity contribution in [3.05, 3.63) is 44.8 Å². The van der Waals surface area contributed by atoms with Gasteiger partial charge >= 0.3 is 0 Å². The smallest absolute Gasteiger partial charge is 0.136 e. The summed E-state index contributed by atoms with van der Waals surface area (Å²) < 4.78 is 1.05. The SMILES string of the molecule is N#C/C(=C1\CCCCCN1)c1nc(-c2ccc(Br)cc2)cs1. The second-order valence-electron chi connectivity index (χ2n) is 5.25. The van der Waals surface area contributed by atoms with Gasteiger partial charge in [-0.15, -0.1) is 11.3 Å². The maximum Gasteiger partial charge on any atom is 0.136 e. The molecule has 22 heavy (non-hydrogen) atoms. The number of hydrogen-bond acceptors (Lipinski definition) is 4. The number of hydrogen-bond donors (Lipinski definition) is 1. The fraction of sp³-hybridized carbons (Fsp3) is 0.294. The minimum atomic E-state index is 0.704. The lowest BCUT2D eigenvalue weighted by Crippen LogP contribution is -2.13. The first-order valence-corrected chi connectivity index (χ1v) is 9.04. The molecule has 1 saturated heterocycles. The second kappa shape index (κ2) is 7.08. The van der Waals surface area contributed by atoms with Crippen LogP contribution in [0.5, 0.6) is 0 Å². The average Bonchev–Trinajstić information content (AvgIpc) is 2.85. The predicted octanol–water partition coefficient (Wildman–Crippen LogP) is 4.97. The van der Waals surface area contributed by atoms with Crippen LogP contribution in [-0.2, 0) is 0 Å². The Morgan fingerprint density at radius 2 is 2.05 bits per heavy atom. The van der Waals surface area contributed by atoms with Crippen LogP contribution in [0.3, 0.4) is 0 Å². The van der Waals surface area contributed by atoms with E-state index < -0.39 is 0 Å². The zero-order valence-electron chi connectivity index (χ0n) is 12.1. The number of benzene rings is 1. The highest BCUT2D eigenvalue weighted by Crippen LogP contribution is 2.29. The van der Waals surface area contributed by atoms with Gasteiger partial charge in [-0.05, 0) is 31.4 Å². The molecule has 0 bridgehead atoms. The summed E-state index contributed by atoms with van der Waals surface area (Å²) in [6.07, 6.45) is 4.47. The van der Waals surface area contributed by atoms with Crippen molar-refractivity contribution in [2.24, 2.45) is 0 Å². The van der Waals surface area contributed by atoms with Gasteiger partial charge in [-0.25, -0.2) is 4.98 Å². The Labute approximate surface area is 142 Å². The van der Waals surface area contributed by atoms with Crippen molar-refractivity contribution >= 4 is 32.8 Å². The number of thiazole rings is 1. The van der Waals surface area contributed by atoms with Crippen LogP contribution in [0.4, 0.5) is 0 Å². The Kier molecular flexibility index (Phi) is 4.91. The molecular weight excluding hydrogens is 358 g/mol. The molecule has 0 unspecified atom stereocenters. The van der Waals surface area contributed by atoms with Gasteiger partial charge in [0.25, 0.3) is 0 Å². The summed E-state index contributed by atoms with van der Waals surface area (Å²) in [6.45, 7) is 0.950. The number of halogens is 1. The fourth-order valence-corrected chi connectivity index (χ4v) is 3.64. The molecule has 1 aliphatic heterocycles. The number of nitriles is 1. The molecule has 0 radical (unpaired) electrons. The highest BCUT2D eigenvalue weighted by Gasteiger charge is 2.15. The minimum Gasteiger partial charge on any atom is -0.387 e. The highest BCUT2D eigenvalue weighted by atomic mass is 79.9. The van der Waals surface area contributed by atoms with Crippen LogP contribution in [0.15, 0.2) is 39.8 Å². The van der Waals surface area contributed by atoms with Gasteiger partial charge < -0.3 is 5.32 Å². The Morgan fingerprint density at radius 3 is 2.82 bits per heavy atom. The largest absolute Gasteiger partial charge is 0.387 e. The lowest BCUT2D eigenvalue weighted by Gasteiger charge is -2.07. The molecule has 1 aromatic heterocycles. The van der Waals surface area contributed by atoms with Gasteiger partial charge in [-0.3, -0.25) is 0 Å². The molecule has 3 rings (SSSR count). The van der Waals surface area contributed by atoms with E-state index in [1.54, 1.807) is 0 Å². The first-order chi connectivity index (χ1) is 10.8. The van der Waals surface area contributed by atoms with E-state index in [-0.39, 0.29) is 0 Å². The van der Waals surface area contributed by atoms with Crippen molar-refractivity contribution in [3.8, 4) is 17.3 Å². The zero-order chi connectivity index (χ0) is 15.4. The normalized spacial score (nSPS) is 17.3. The van der Waals surface area contributed by atoms with Gasteiger partial charge in [0.1, 0.15) is 16.6 Å². The third-order valence-electron chi connectivity index (χ3n) is 3.71. The molecule has 0 atom stereocenters. The molecule has 1 N–H and O–H groups in total. The first kappa shape index (κ1) is 15.3. The van der Waals surface area contributed by atoms with Crippen molar-refractivity contribution in [2.45, 2.75) is 25.7 Å². The monoisotopic (exact) mass is 373 g/mol. The van der Waals surface area contributed by atoms with Gasteiger partial charge in [0, 0.05) is 27.7 Å². The standard InChI is InChI=1S/C17H16BrN3S/c18-13-7-5-12(6-8-13)16-11-22-17(21-16)14(10-19)15-4-2-1-3-9-20-15/h5-8,11,20H,1-4,9H2/b15-14-. The maximum absolute atomic E-state index is 9.55. The van der Waals surface area contributed by atoms with Crippen LogP contribution in [-0.4, -0.2) is 11.5 Å². The molecule has 2 aromatic rings. The van der Waals surface area contributed by atoms with Gasteiger partial charge in [-0.1, -0.05) is 34.5 Å². The van der Waals surface area contributed by atoms with Crippen LogP contribution in [0.1, 0.15) is 30.7 Å². The highest BCUT2D eigenvalue weighted by molar-refractivity contribution is 9.10. The first-order valence-electron chi connectivity index (χ1n) is 7.37. The molecule has 112 valence electrons. The number of aromatic nitrogens is 1. The van der Waals surface area contributed by atoms with Gasteiger partial charge in [-0.2, -0.15) is 5.26 Å². The quantitative estimate of drug-likeness (QED) is 0.755. The second-order valence-corrected chi connectivity index (χ2v) is 7.02. The van der Waals surface area contributed by atoms with E-state index in [0.717, 1.165) is 45.8 Å². The summed E-state index contributed by atoms with van der Waals surface area (Å²) in [4.78, 5) is 4.67. The molecule has 0 spiro atoms. The van der Waals surface area contributed by atoms with Crippen LogP contribution >= 0.6 is 27.3 Å². The lowest BCUT2D eigenvalue weighted by molar-refractivity contribution is 0.721. The molecule has 0 saturated carbocycles. The summed E-state index contributed by atoms with van der Waals surface area (Å²) in [6, 6.07) is 10.4. The van der Waals surface area contributed by atoms with Crippen LogP contribution in [0.25, 0.3) is 16.8 Å². The van der Waals surface area contributed by atoms with Crippen molar-refractivity contribution in [1.29, 1.82) is 5.26 Å². The van der Waals surface area contributed by atoms with E-state index in [2.05, 4.69) is 32.3 Å². The van der Waals surface area contributed by atoms with Crippen molar-refractivity contribution in [1.82, 2.24) is 10.3 Å². The van der Waals surface area contributed by atoms with Crippen molar-refractivity contribution < 1.29 is 0 Å². The number of allylic oxidation sites excluding steroid dienone is 2. The van der Waals surface area contributed by atoms with Gasteiger partial charge in [0.2, 0.25) is 0 Å². The fourth-order valence-electron chi connectivity index (χ4n) is 2.53. The van der Waals surface area contributed by atoms with Crippen LogP contribution in [0, 0.1) is 11.3 Å². The van der Waals surface area contributed by atoms with Gasteiger partial charge in [0.15, 0.2) is 0 Å².